The maximum atomic E-state index is 11.7. The summed E-state index contributed by atoms with van der Waals surface area (Å²) in [5.41, 5.74) is -0.485. The van der Waals surface area contributed by atoms with E-state index in [4.69, 9.17) is 0 Å². The molecule has 3 nitrogen and oxygen atoms in total. The van der Waals surface area contributed by atoms with Crippen molar-refractivity contribution in [3.05, 3.63) is 0 Å². The van der Waals surface area contributed by atoms with E-state index >= 15 is 0 Å². The highest BCUT2D eigenvalue weighted by molar-refractivity contribution is 5.75. The SMILES string of the molecule is CCCC1(C(=O)O)CCN(C(CC(C)C)CC(C)C)C1. The predicted molar refractivity (Wildman–Crippen MR) is 83.9 cm³/mol. The van der Waals surface area contributed by atoms with Gasteiger partial charge in [-0.25, -0.2) is 0 Å². The van der Waals surface area contributed by atoms with Crippen molar-refractivity contribution in [2.24, 2.45) is 17.3 Å². The lowest BCUT2D eigenvalue weighted by atomic mass is 9.82. The molecule has 1 aliphatic rings. The van der Waals surface area contributed by atoms with Gasteiger partial charge >= 0.3 is 5.97 Å². The highest BCUT2D eigenvalue weighted by atomic mass is 16.4. The fourth-order valence-corrected chi connectivity index (χ4v) is 3.66. The van der Waals surface area contributed by atoms with Crippen LogP contribution in [0.15, 0.2) is 0 Å². The minimum Gasteiger partial charge on any atom is -0.481 e. The van der Waals surface area contributed by atoms with Crippen LogP contribution in [0.5, 0.6) is 0 Å². The Morgan fingerprint density at radius 3 is 2.15 bits per heavy atom. The van der Waals surface area contributed by atoms with Gasteiger partial charge in [-0.3, -0.25) is 9.69 Å². The topological polar surface area (TPSA) is 40.5 Å². The van der Waals surface area contributed by atoms with Gasteiger partial charge in [0.1, 0.15) is 0 Å². The molecule has 118 valence electrons. The Bertz CT molecular complexity index is 304. The van der Waals surface area contributed by atoms with Crippen LogP contribution < -0.4 is 0 Å². The third kappa shape index (κ3) is 4.47. The monoisotopic (exact) mass is 283 g/mol. The second-order valence-corrected chi connectivity index (χ2v) is 7.47. The van der Waals surface area contributed by atoms with E-state index in [1.54, 1.807) is 0 Å². The summed E-state index contributed by atoms with van der Waals surface area (Å²) in [4.78, 5) is 14.2. The molecule has 20 heavy (non-hydrogen) atoms. The molecule has 1 heterocycles. The van der Waals surface area contributed by atoms with Gasteiger partial charge in [0, 0.05) is 12.6 Å². The maximum Gasteiger partial charge on any atom is 0.310 e. The van der Waals surface area contributed by atoms with E-state index in [9.17, 15) is 9.90 Å². The third-order valence-corrected chi connectivity index (χ3v) is 4.57. The smallest absolute Gasteiger partial charge is 0.310 e. The quantitative estimate of drug-likeness (QED) is 0.731. The van der Waals surface area contributed by atoms with Crippen molar-refractivity contribution >= 4 is 5.97 Å². The summed E-state index contributed by atoms with van der Waals surface area (Å²) in [5.74, 6) is 0.754. The second kappa shape index (κ2) is 7.44. The van der Waals surface area contributed by atoms with Gasteiger partial charge in [-0.05, 0) is 44.1 Å². The number of likely N-dealkylation sites (tertiary alicyclic amines) is 1. The lowest BCUT2D eigenvalue weighted by Crippen LogP contribution is -2.40. The molecular weight excluding hydrogens is 250 g/mol. The standard InChI is InChI=1S/C17H33NO2/c1-6-7-17(16(19)20)8-9-18(12-17)15(10-13(2)3)11-14(4)5/h13-15H,6-12H2,1-5H3,(H,19,20). The molecule has 1 fully saturated rings. The van der Waals surface area contributed by atoms with Gasteiger partial charge in [0.25, 0.3) is 0 Å². The van der Waals surface area contributed by atoms with E-state index in [1.165, 1.54) is 12.8 Å². The molecule has 3 heteroatoms. The molecule has 0 bridgehead atoms. The second-order valence-electron chi connectivity index (χ2n) is 7.47. The number of aliphatic carboxylic acids is 1. The van der Waals surface area contributed by atoms with E-state index in [-0.39, 0.29) is 0 Å². The van der Waals surface area contributed by atoms with Gasteiger partial charge in [0.15, 0.2) is 0 Å². The average molecular weight is 283 g/mol. The summed E-state index contributed by atoms with van der Waals surface area (Å²) in [5, 5.41) is 9.63. The zero-order valence-corrected chi connectivity index (χ0v) is 14.0. The third-order valence-electron chi connectivity index (χ3n) is 4.57. The maximum absolute atomic E-state index is 11.7. The van der Waals surface area contributed by atoms with E-state index in [0.29, 0.717) is 17.9 Å². The van der Waals surface area contributed by atoms with Gasteiger partial charge < -0.3 is 5.11 Å². The van der Waals surface area contributed by atoms with Gasteiger partial charge in [-0.2, -0.15) is 0 Å². The molecule has 0 aliphatic carbocycles. The predicted octanol–water partition coefficient (Wildman–Crippen LogP) is 4.02. The lowest BCUT2D eigenvalue weighted by molar-refractivity contribution is -0.148. The van der Waals surface area contributed by atoms with Gasteiger partial charge in [-0.1, -0.05) is 41.0 Å². The summed E-state index contributed by atoms with van der Waals surface area (Å²) in [6.45, 7) is 12.9. The molecule has 1 atom stereocenters. The number of carbonyl (C=O) groups is 1. The van der Waals surface area contributed by atoms with E-state index < -0.39 is 11.4 Å². The molecule has 0 amide bonds. The van der Waals surface area contributed by atoms with E-state index in [1.807, 2.05) is 0 Å². The van der Waals surface area contributed by atoms with Crippen molar-refractivity contribution in [1.82, 2.24) is 4.90 Å². The first-order chi connectivity index (χ1) is 9.30. The Hall–Kier alpha value is -0.570. The average Bonchev–Trinajstić information content (AvgIpc) is 2.73. The Kier molecular flexibility index (Phi) is 6.50. The molecule has 0 aromatic carbocycles. The molecule has 1 N–H and O–H groups in total. The molecular formula is C17H33NO2. The minimum absolute atomic E-state index is 0.485. The van der Waals surface area contributed by atoms with Crippen molar-refractivity contribution in [3.8, 4) is 0 Å². The fraction of sp³-hybridized carbons (Fsp3) is 0.941. The number of hydrogen-bond acceptors (Lipinski definition) is 2. The van der Waals surface area contributed by atoms with Gasteiger partial charge in [0.2, 0.25) is 0 Å². The fourth-order valence-electron chi connectivity index (χ4n) is 3.66. The molecule has 1 aliphatic heterocycles. The highest BCUT2D eigenvalue weighted by Crippen LogP contribution is 2.38. The summed E-state index contributed by atoms with van der Waals surface area (Å²) in [6.07, 6.45) is 4.96. The zero-order chi connectivity index (χ0) is 15.3. The Labute approximate surface area is 124 Å². The van der Waals surface area contributed by atoms with Crippen LogP contribution in [-0.4, -0.2) is 35.1 Å². The summed E-state index contributed by atoms with van der Waals surface area (Å²) < 4.78 is 0. The Morgan fingerprint density at radius 1 is 1.20 bits per heavy atom. The molecule has 0 spiro atoms. The lowest BCUT2D eigenvalue weighted by Gasteiger charge is -2.32. The van der Waals surface area contributed by atoms with Crippen LogP contribution in [0, 0.1) is 17.3 Å². The number of carboxylic acid groups (broad SMARTS) is 1. The van der Waals surface area contributed by atoms with Crippen LogP contribution in [0.4, 0.5) is 0 Å². The Morgan fingerprint density at radius 2 is 1.75 bits per heavy atom. The number of nitrogens with zero attached hydrogens (tertiary/aromatic N) is 1. The summed E-state index contributed by atoms with van der Waals surface area (Å²) in [6, 6.07) is 0.549. The van der Waals surface area contributed by atoms with Crippen LogP contribution >= 0.6 is 0 Å². The molecule has 1 unspecified atom stereocenters. The van der Waals surface area contributed by atoms with Crippen molar-refractivity contribution < 1.29 is 9.90 Å². The molecule has 0 aromatic rings. The van der Waals surface area contributed by atoms with Crippen LogP contribution in [0.1, 0.15) is 66.7 Å². The van der Waals surface area contributed by atoms with Crippen LogP contribution in [0.2, 0.25) is 0 Å². The highest BCUT2D eigenvalue weighted by Gasteiger charge is 2.45. The van der Waals surface area contributed by atoms with Crippen molar-refractivity contribution in [2.75, 3.05) is 13.1 Å². The van der Waals surface area contributed by atoms with E-state index in [0.717, 1.165) is 32.4 Å². The van der Waals surface area contributed by atoms with Gasteiger partial charge in [-0.15, -0.1) is 0 Å². The normalized spacial score (nSPS) is 24.2. The Balaban J connectivity index is 2.76. The van der Waals surface area contributed by atoms with E-state index in [2.05, 4.69) is 39.5 Å². The van der Waals surface area contributed by atoms with Crippen LogP contribution in [0.3, 0.4) is 0 Å². The van der Waals surface area contributed by atoms with Crippen molar-refractivity contribution in [2.45, 2.75) is 72.8 Å². The molecule has 1 rings (SSSR count). The van der Waals surface area contributed by atoms with Gasteiger partial charge in [0.05, 0.1) is 5.41 Å². The molecule has 0 aromatic heterocycles. The zero-order valence-electron chi connectivity index (χ0n) is 14.0. The molecule has 0 saturated carbocycles. The summed E-state index contributed by atoms with van der Waals surface area (Å²) in [7, 11) is 0. The van der Waals surface area contributed by atoms with Crippen molar-refractivity contribution in [1.29, 1.82) is 0 Å². The number of rotatable bonds is 8. The number of hydrogen-bond donors (Lipinski definition) is 1. The largest absolute Gasteiger partial charge is 0.481 e. The van der Waals surface area contributed by atoms with Crippen molar-refractivity contribution in [3.63, 3.8) is 0 Å². The molecule has 1 saturated heterocycles. The minimum atomic E-state index is -0.588. The first-order valence-electron chi connectivity index (χ1n) is 8.28. The summed E-state index contributed by atoms with van der Waals surface area (Å²) >= 11 is 0. The van der Waals surface area contributed by atoms with Crippen LogP contribution in [-0.2, 0) is 4.79 Å². The van der Waals surface area contributed by atoms with Crippen LogP contribution in [0.25, 0.3) is 0 Å². The first-order valence-corrected chi connectivity index (χ1v) is 8.28. The first kappa shape index (κ1) is 17.5. The molecule has 0 radical (unpaired) electrons. The number of carboxylic acids is 1.